The second-order valence-electron chi connectivity index (χ2n) is 17.3. The highest BCUT2D eigenvalue weighted by Gasteiger charge is 2.73. The number of hydrogen-bond donors (Lipinski definition) is 4. The van der Waals surface area contributed by atoms with Crippen molar-refractivity contribution in [2.75, 3.05) is 6.61 Å². The lowest BCUT2D eigenvalue weighted by molar-refractivity contribution is -0.279. The fourth-order valence-corrected chi connectivity index (χ4v) is 9.29. The average molecular weight is 796 g/mol. The van der Waals surface area contributed by atoms with Gasteiger partial charge in [0.25, 0.3) is 0 Å². The number of nitrogens with one attached hydrogen (secondary N) is 1. The minimum atomic E-state index is -2.18. The number of furan rings is 1. The predicted molar refractivity (Wildman–Crippen MR) is 199 cm³/mol. The van der Waals surface area contributed by atoms with Crippen LogP contribution in [0.4, 0.5) is 4.79 Å². The number of fused-ring (bicyclic) bond motifs is 5. The third-order valence-corrected chi connectivity index (χ3v) is 12.5. The van der Waals surface area contributed by atoms with E-state index in [4.69, 9.17) is 28.1 Å². The molecule has 1 saturated heterocycles. The van der Waals surface area contributed by atoms with Gasteiger partial charge in [-0.25, -0.2) is 14.4 Å². The molecule has 11 atom stereocenters. The molecule has 2 unspecified atom stereocenters. The number of benzene rings is 1. The lowest BCUT2D eigenvalue weighted by Crippen LogP contribution is -2.75. The van der Waals surface area contributed by atoms with Crippen LogP contribution >= 0.6 is 0 Å². The van der Waals surface area contributed by atoms with Crippen molar-refractivity contribution in [3.8, 4) is 0 Å². The van der Waals surface area contributed by atoms with Gasteiger partial charge < -0.3 is 48.7 Å². The molecule has 3 fully saturated rings. The molecule has 1 aliphatic heterocycles. The molecule has 15 heteroatoms. The zero-order valence-electron chi connectivity index (χ0n) is 33.5. The number of amides is 1. The molecule has 1 amide bonds. The van der Waals surface area contributed by atoms with E-state index in [-0.39, 0.29) is 41.7 Å². The fourth-order valence-electron chi connectivity index (χ4n) is 9.29. The summed E-state index contributed by atoms with van der Waals surface area (Å²) in [5.74, 6) is -4.90. The van der Waals surface area contributed by atoms with E-state index in [9.17, 15) is 34.5 Å². The summed E-state index contributed by atoms with van der Waals surface area (Å²) in [4.78, 5) is 68.8. The van der Waals surface area contributed by atoms with Crippen molar-refractivity contribution in [2.45, 2.75) is 129 Å². The van der Waals surface area contributed by atoms with Gasteiger partial charge >= 0.3 is 24.0 Å². The van der Waals surface area contributed by atoms with E-state index in [1.807, 2.05) is 0 Å². The van der Waals surface area contributed by atoms with Crippen LogP contribution in [-0.4, -0.2) is 99.5 Å². The molecule has 4 N–H and O–H groups in total. The zero-order valence-corrected chi connectivity index (χ0v) is 33.5. The van der Waals surface area contributed by atoms with Gasteiger partial charge in [-0.2, -0.15) is 0 Å². The first-order valence-corrected chi connectivity index (χ1v) is 19.3. The second-order valence-corrected chi connectivity index (χ2v) is 17.3. The highest BCUT2D eigenvalue weighted by molar-refractivity contribution is 5.94. The van der Waals surface area contributed by atoms with Gasteiger partial charge in [0.2, 0.25) is 0 Å². The molecular formula is C42H53NO14. The van der Waals surface area contributed by atoms with E-state index in [1.165, 1.54) is 18.6 Å². The standard InChI is InChI=1S/C42H53NO14/c1-9-28(44)55-27-17-25-24(20-53-25)30-35(56-36(48)22-13-11-10-12-14-22)42(51)18-26(21(2)29(40(42,6)7)32(45)34(47)41(27,30)8)54-37(49)33(46)31(23-15-16-52-19-23)43-38(50)57-39(3,4)5/h10-16,19,24-27,30-33,35,45-46,51H,9,17-18,20H2,1-8H3,(H,43,50)/t24?,25-,26+,27+,30?,31+,32-,33-,35+,41-,42-/m1/s1. The summed E-state index contributed by atoms with van der Waals surface area (Å²) in [5, 5.41) is 39.6. The molecule has 310 valence electrons. The number of ketones is 1. The number of esters is 3. The summed E-state index contributed by atoms with van der Waals surface area (Å²) < 4.78 is 34.7. The first kappa shape index (κ1) is 42.0. The minimum Gasteiger partial charge on any atom is -0.472 e. The maximum absolute atomic E-state index is 15.1. The quantitative estimate of drug-likeness (QED) is 0.160. The van der Waals surface area contributed by atoms with Crippen LogP contribution in [0.2, 0.25) is 0 Å². The largest absolute Gasteiger partial charge is 0.472 e. The SMILES string of the molecule is CCC(=O)O[C@H]1C[C@H]2OCC2C2[C@H](OC(=O)c3ccccc3)[C@]3(O)C[C@H](OC(=O)[C@H](O)[C@@H](NC(=O)OC(C)(C)C)c4ccoc4)C(C)=C([C@@H](O)C(=O)[C@@]21C)C3(C)C. The third-order valence-electron chi connectivity index (χ3n) is 12.5. The van der Waals surface area contributed by atoms with Gasteiger partial charge in [0.15, 0.2) is 11.9 Å². The number of aliphatic hydroxyl groups excluding tert-OH is 2. The van der Waals surface area contributed by atoms with Crippen molar-refractivity contribution in [3.63, 3.8) is 0 Å². The molecule has 3 aliphatic carbocycles. The summed E-state index contributed by atoms with van der Waals surface area (Å²) in [6, 6.07) is 8.13. The van der Waals surface area contributed by atoms with Crippen molar-refractivity contribution in [1.29, 1.82) is 0 Å². The van der Waals surface area contributed by atoms with Crippen LogP contribution in [0, 0.1) is 22.7 Å². The molecule has 6 rings (SSSR count). The van der Waals surface area contributed by atoms with Crippen molar-refractivity contribution >= 4 is 29.8 Å². The Labute approximate surface area is 331 Å². The highest BCUT2D eigenvalue weighted by Crippen LogP contribution is 2.62. The Kier molecular flexibility index (Phi) is 11.3. The number of ether oxygens (including phenoxy) is 5. The van der Waals surface area contributed by atoms with E-state index >= 15 is 4.79 Å². The normalized spacial score (nSPS) is 32.8. The lowest BCUT2D eigenvalue weighted by atomic mass is 9.46. The first-order chi connectivity index (χ1) is 26.6. The summed E-state index contributed by atoms with van der Waals surface area (Å²) >= 11 is 0. The predicted octanol–water partition coefficient (Wildman–Crippen LogP) is 4.13. The maximum Gasteiger partial charge on any atom is 0.408 e. The molecule has 2 saturated carbocycles. The van der Waals surface area contributed by atoms with Crippen molar-refractivity contribution in [1.82, 2.24) is 5.32 Å². The van der Waals surface area contributed by atoms with Crippen molar-refractivity contribution in [3.05, 3.63) is 71.2 Å². The summed E-state index contributed by atoms with van der Waals surface area (Å²) in [6.45, 7) is 13.0. The van der Waals surface area contributed by atoms with Crippen LogP contribution < -0.4 is 5.32 Å². The van der Waals surface area contributed by atoms with Gasteiger partial charge in [0, 0.05) is 42.1 Å². The van der Waals surface area contributed by atoms with Gasteiger partial charge in [-0.1, -0.05) is 39.0 Å². The van der Waals surface area contributed by atoms with E-state index in [0.29, 0.717) is 0 Å². The Morgan fingerprint density at radius 3 is 2.30 bits per heavy atom. The number of aliphatic hydroxyl groups is 3. The average Bonchev–Trinajstić information content (AvgIpc) is 3.68. The van der Waals surface area contributed by atoms with Gasteiger partial charge in [-0.05, 0) is 64.0 Å². The molecule has 1 aromatic carbocycles. The second kappa shape index (κ2) is 15.3. The Hall–Kier alpha value is -4.57. The molecule has 4 aliphatic rings. The molecular weight excluding hydrogens is 742 g/mol. The molecule has 15 nitrogen and oxygen atoms in total. The van der Waals surface area contributed by atoms with Crippen LogP contribution in [0.5, 0.6) is 0 Å². The van der Waals surface area contributed by atoms with E-state index in [0.717, 1.165) is 0 Å². The summed E-state index contributed by atoms with van der Waals surface area (Å²) in [5.41, 5.74) is -5.68. The Bertz CT molecular complexity index is 1900. The fraction of sp³-hybridized carbons (Fsp3) is 0.595. The van der Waals surface area contributed by atoms with Crippen LogP contribution in [0.1, 0.15) is 96.6 Å². The molecule has 0 spiro atoms. The van der Waals surface area contributed by atoms with E-state index in [2.05, 4.69) is 5.32 Å². The number of rotatable bonds is 9. The van der Waals surface area contributed by atoms with E-state index < -0.39 is 113 Å². The van der Waals surface area contributed by atoms with Gasteiger partial charge in [-0.3, -0.25) is 9.59 Å². The maximum atomic E-state index is 15.1. The van der Waals surface area contributed by atoms with Crippen LogP contribution in [-0.2, 0) is 38.1 Å². The third kappa shape index (κ3) is 7.39. The zero-order chi connectivity index (χ0) is 41.8. The topological polar surface area (TPSA) is 217 Å². The highest BCUT2D eigenvalue weighted by atomic mass is 16.6. The number of Topliss-reactive ketones (excluding diaryl/α,β-unsaturated/α-hetero) is 1. The molecule has 57 heavy (non-hydrogen) atoms. The number of alkyl carbamates (subject to hydrolysis) is 1. The smallest absolute Gasteiger partial charge is 0.408 e. The van der Waals surface area contributed by atoms with Gasteiger partial charge in [0.05, 0.1) is 42.3 Å². The van der Waals surface area contributed by atoms with Crippen LogP contribution in [0.25, 0.3) is 0 Å². The van der Waals surface area contributed by atoms with Crippen molar-refractivity contribution in [2.24, 2.45) is 22.7 Å². The summed E-state index contributed by atoms with van der Waals surface area (Å²) in [6.07, 6.45) is -7.20. The minimum absolute atomic E-state index is 0.00421. The monoisotopic (exact) mass is 795 g/mol. The summed E-state index contributed by atoms with van der Waals surface area (Å²) in [7, 11) is 0. The Morgan fingerprint density at radius 2 is 1.72 bits per heavy atom. The Balaban J connectivity index is 1.46. The van der Waals surface area contributed by atoms with Gasteiger partial charge in [-0.15, -0.1) is 0 Å². The number of carbonyl (C=O) groups is 5. The van der Waals surface area contributed by atoms with Crippen molar-refractivity contribution < 1.29 is 67.4 Å². The van der Waals surface area contributed by atoms with Crippen LogP contribution in [0.3, 0.4) is 0 Å². The molecule has 2 heterocycles. The Morgan fingerprint density at radius 1 is 1.04 bits per heavy atom. The molecule has 0 radical (unpaired) electrons. The van der Waals surface area contributed by atoms with Gasteiger partial charge in [0.1, 0.15) is 35.6 Å². The lowest BCUT2D eigenvalue weighted by Gasteiger charge is -2.64. The molecule has 1 aromatic heterocycles. The molecule has 2 bridgehead atoms. The van der Waals surface area contributed by atoms with E-state index in [1.54, 1.807) is 85.7 Å². The first-order valence-electron chi connectivity index (χ1n) is 19.3. The van der Waals surface area contributed by atoms with Crippen LogP contribution in [0.15, 0.2) is 64.5 Å². The number of hydrogen-bond acceptors (Lipinski definition) is 14. The number of carbonyl (C=O) groups excluding carboxylic acids is 5. The molecule has 2 aromatic rings.